The molecular formula is C17H37N. The van der Waals surface area contributed by atoms with Crippen LogP contribution in [0.4, 0.5) is 0 Å². The summed E-state index contributed by atoms with van der Waals surface area (Å²) in [4.78, 5) is 0. The molecule has 0 aliphatic heterocycles. The summed E-state index contributed by atoms with van der Waals surface area (Å²) < 4.78 is 0. The van der Waals surface area contributed by atoms with Gasteiger partial charge in [-0.25, -0.2) is 0 Å². The van der Waals surface area contributed by atoms with E-state index in [0.29, 0.717) is 5.41 Å². The minimum absolute atomic E-state index is 0.462. The van der Waals surface area contributed by atoms with E-state index in [1.54, 1.807) is 0 Å². The van der Waals surface area contributed by atoms with Gasteiger partial charge in [-0.2, -0.15) is 0 Å². The Kier molecular flexibility index (Phi) is 9.81. The molecule has 0 radical (unpaired) electrons. The van der Waals surface area contributed by atoms with Crippen molar-refractivity contribution in [3.8, 4) is 0 Å². The topological polar surface area (TPSA) is 12.0 Å². The fourth-order valence-electron chi connectivity index (χ4n) is 2.67. The molecular weight excluding hydrogens is 218 g/mol. The first kappa shape index (κ1) is 18.0. The quantitative estimate of drug-likeness (QED) is 0.497. The molecule has 0 heterocycles. The van der Waals surface area contributed by atoms with Gasteiger partial charge in [-0.3, -0.25) is 0 Å². The smallest absolute Gasteiger partial charge is 0.000771 e. The minimum atomic E-state index is 0.462. The molecule has 18 heavy (non-hydrogen) atoms. The Morgan fingerprint density at radius 3 is 2.17 bits per heavy atom. The van der Waals surface area contributed by atoms with Crippen molar-refractivity contribution >= 4 is 0 Å². The Balaban J connectivity index is 4.36. The largest absolute Gasteiger partial charge is 0.316 e. The standard InChI is InChI=1S/C17H37N/c1-7-10-11-16(9-3)13-17(6,15(4)5)14-18-12-8-2/h15-16,18H,7-14H2,1-6H3. The lowest BCUT2D eigenvalue weighted by molar-refractivity contribution is 0.149. The third kappa shape index (κ3) is 6.78. The molecule has 1 heteroatoms. The van der Waals surface area contributed by atoms with Gasteiger partial charge >= 0.3 is 0 Å². The van der Waals surface area contributed by atoms with E-state index in [-0.39, 0.29) is 0 Å². The van der Waals surface area contributed by atoms with Gasteiger partial charge in [0, 0.05) is 6.54 Å². The van der Waals surface area contributed by atoms with Gasteiger partial charge < -0.3 is 5.32 Å². The van der Waals surface area contributed by atoms with Crippen molar-refractivity contribution < 1.29 is 0 Å². The lowest BCUT2D eigenvalue weighted by Gasteiger charge is -2.37. The number of nitrogens with one attached hydrogen (secondary N) is 1. The molecule has 0 aromatic carbocycles. The van der Waals surface area contributed by atoms with Gasteiger partial charge in [0.05, 0.1) is 0 Å². The highest BCUT2D eigenvalue weighted by Crippen LogP contribution is 2.36. The van der Waals surface area contributed by atoms with Crippen LogP contribution in [0.25, 0.3) is 0 Å². The Hall–Kier alpha value is -0.0400. The molecule has 0 spiro atoms. The van der Waals surface area contributed by atoms with Crippen molar-refractivity contribution in [3.63, 3.8) is 0 Å². The summed E-state index contributed by atoms with van der Waals surface area (Å²) in [6.45, 7) is 16.5. The van der Waals surface area contributed by atoms with Crippen LogP contribution < -0.4 is 5.32 Å². The summed E-state index contributed by atoms with van der Waals surface area (Å²) in [6, 6.07) is 0. The molecule has 0 saturated carbocycles. The maximum absolute atomic E-state index is 3.64. The lowest BCUT2D eigenvalue weighted by Crippen LogP contribution is -2.38. The fraction of sp³-hybridized carbons (Fsp3) is 1.00. The first-order valence-corrected chi connectivity index (χ1v) is 8.20. The van der Waals surface area contributed by atoms with Crippen LogP contribution in [0.5, 0.6) is 0 Å². The molecule has 0 rings (SSSR count). The third-order valence-corrected chi connectivity index (χ3v) is 4.65. The molecule has 1 N–H and O–H groups in total. The summed E-state index contributed by atoms with van der Waals surface area (Å²) in [5, 5.41) is 3.64. The van der Waals surface area contributed by atoms with Crippen LogP contribution in [0, 0.1) is 17.3 Å². The molecule has 2 atom stereocenters. The zero-order valence-corrected chi connectivity index (χ0v) is 13.8. The van der Waals surface area contributed by atoms with Crippen molar-refractivity contribution in [2.75, 3.05) is 13.1 Å². The Morgan fingerprint density at radius 1 is 1.06 bits per heavy atom. The highest BCUT2D eigenvalue weighted by molar-refractivity contribution is 4.82. The van der Waals surface area contributed by atoms with E-state index in [4.69, 9.17) is 0 Å². The van der Waals surface area contributed by atoms with Gasteiger partial charge in [-0.05, 0) is 36.6 Å². The predicted molar refractivity (Wildman–Crippen MR) is 84.0 cm³/mol. The Labute approximate surface area is 116 Å². The van der Waals surface area contributed by atoms with E-state index in [1.165, 1.54) is 45.1 Å². The summed E-state index contributed by atoms with van der Waals surface area (Å²) in [5.74, 6) is 1.68. The maximum Gasteiger partial charge on any atom is 0.000771 e. The summed E-state index contributed by atoms with van der Waals surface area (Å²) in [6.07, 6.45) is 8.12. The number of hydrogen-bond donors (Lipinski definition) is 1. The van der Waals surface area contributed by atoms with E-state index in [2.05, 4.69) is 46.9 Å². The van der Waals surface area contributed by atoms with Crippen LogP contribution in [-0.4, -0.2) is 13.1 Å². The van der Waals surface area contributed by atoms with Gasteiger partial charge in [-0.15, -0.1) is 0 Å². The number of hydrogen-bond acceptors (Lipinski definition) is 1. The average Bonchev–Trinajstić information content (AvgIpc) is 2.34. The van der Waals surface area contributed by atoms with Crippen molar-refractivity contribution in [2.45, 2.75) is 80.1 Å². The van der Waals surface area contributed by atoms with E-state index in [1.807, 2.05) is 0 Å². The molecule has 0 bridgehead atoms. The van der Waals surface area contributed by atoms with Crippen molar-refractivity contribution in [1.82, 2.24) is 5.32 Å². The maximum atomic E-state index is 3.64. The van der Waals surface area contributed by atoms with Gasteiger partial charge in [0.15, 0.2) is 0 Å². The average molecular weight is 255 g/mol. The molecule has 0 aliphatic rings. The molecule has 0 fully saturated rings. The first-order valence-electron chi connectivity index (χ1n) is 8.20. The Bertz CT molecular complexity index is 188. The first-order chi connectivity index (χ1) is 8.50. The summed E-state index contributed by atoms with van der Waals surface area (Å²) >= 11 is 0. The van der Waals surface area contributed by atoms with Crippen molar-refractivity contribution in [2.24, 2.45) is 17.3 Å². The number of unbranched alkanes of at least 4 members (excludes halogenated alkanes) is 1. The van der Waals surface area contributed by atoms with Crippen LogP contribution in [0.1, 0.15) is 80.1 Å². The second kappa shape index (κ2) is 9.83. The number of rotatable bonds is 11. The SMILES string of the molecule is CCCCC(CC)CC(C)(CNCCC)C(C)C. The molecule has 0 aromatic rings. The normalized spacial score (nSPS) is 16.8. The molecule has 110 valence electrons. The summed E-state index contributed by atoms with van der Waals surface area (Å²) in [7, 11) is 0. The van der Waals surface area contributed by atoms with Crippen LogP contribution >= 0.6 is 0 Å². The second-order valence-electron chi connectivity index (χ2n) is 6.61. The van der Waals surface area contributed by atoms with Crippen LogP contribution in [0.3, 0.4) is 0 Å². The van der Waals surface area contributed by atoms with Gasteiger partial charge in [-0.1, -0.05) is 67.2 Å². The summed E-state index contributed by atoms with van der Waals surface area (Å²) in [5.41, 5.74) is 0.462. The van der Waals surface area contributed by atoms with Gasteiger partial charge in [0.25, 0.3) is 0 Å². The highest BCUT2D eigenvalue weighted by atomic mass is 14.9. The van der Waals surface area contributed by atoms with Gasteiger partial charge in [0.2, 0.25) is 0 Å². The second-order valence-corrected chi connectivity index (χ2v) is 6.61. The fourth-order valence-corrected chi connectivity index (χ4v) is 2.67. The van der Waals surface area contributed by atoms with Crippen LogP contribution in [-0.2, 0) is 0 Å². The molecule has 2 unspecified atom stereocenters. The van der Waals surface area contributed by atoms with Crippen molar-refractivity contribution in [3.05, 3.63) is 0 Å². The van der Waals surface area contributed by atoms with Crippen LogP contribution in [0.2, 0.25) is 0 Å². The molecule has 0 amide bonds. The van der Waals surface area contributed by atoms with Crippen LogP contribution in [0.15, 0.2) is 0 Å². The van der Waals surface area contributed by atoms with E-state index in [0.717, 1.165) is 18.4 Å². The molecule has 0 aliphatic carbocycles. The third-order valence-electron chi connectivity index (χ3n) is 4.65. The molecule has 0 aromatic heterocycles. The zero-order chi connectivity index (χ0) is 14.0. The highest BCUT2D eigenvalue weighted by Gasteiger charge is 2.30. The van der Waals surface area contributed by atoms with Gasteiger partial charge in [0.1, 0.15) is 0 Å². The van der Waals surface area contributed by atoms with Crippen molar-refractivity contribution in [1.29, 1.82) is 0 Å². The lowest BCUT2D eigenvalue weighted by atomic mass is 9.71. The molecule has 0 saturated heterocycles. The zero-order valence-electron chi connectivity index (χ0n) is 13.8. The molecule has 1 nitrogen and oxygen atoms in total. The minimum Gasteiger partial charge on any atom is -0.316 e. The monoisotopic (exact) mass is 255 g/mol. The van der Waals surface area contributed by atoms with E-state index < -0.39 is 0 Å². The van der Waals surface area contributed by atoms with E-state index in [9.17, 15) is 0 Å². The van der Waals surface area contributed by atoms with E-state index >= 15 is 0 Å². The Morgan fingerprint density at radius 2 is 1.72 bits per heavy atom. The predicted octanol–water partition coefficient (Wildman–Crippen LogP) is 5.25.